The molecule has 3 rings (SSSR count). The van der Waals surface area contributed by atoms with Crippen LogP contribution in [0.5, 0.6) is 11.5 Å². The zero-order valence-electron chi connectivity index (χ0n) is 14.7. The van der Waals surface area contributed by atoms with Gasteiger partial charge in [-0.25, -0.2) is 4.79 Å². The molecule has 3 aromatic rings. The van der Waals surface area contributed by atoms with Crippen molar-refractivity contribution in [2.24, 2.45) is 0 Å². The number of hydrogen-bond donors (Lipinski definition) is 1. The number of carboxylic acid groups (broad SMARTS) is 1. The first-order chi connectivity index (χ1) is 12.7. The molecule has 26 heavy (non-hydrogen) atoms. The first kappa shape index (κ1) is 17.5. The molecule has 4 nitrogen and oxygen atoms in total. The zero-order chi connectivity index (χ0) is 18.5. The molecule has 1 atom stereocenters. The minimum atomic E-state index is -0.950. The fraction of sp³-hybridized carbons (Fsp3) is 0.136. The number of benzene rings is 3. The molecule has 132 valence electrons. The average Bonchev–Trinajstić information content (AvgIpc) is 2.69. The van der Waals surface area contributed by atoms with Crippen LogP contribution in [0.25, 0.3) is 0 Å². The molecule has 0 aliphatic heterocycles. The summed E-state index contributed by atoms with van der Waals surface area (Å²) in [6, 6.07) is 22.4. The normalized spacial score (nSPS) is 11.6. The van der Waals surface area contributed by atoms with Crippen molar-refractivity contribution >= 4 is 5.97 Å². The minimum absolute atomic E-state index is 0.274. The molecule has 0 bridgehead atoms. The van der Waals surface area contributed by atoms with Crippen LogP contribution in [0.3, 0.4) is 0 Å². The number of rotatable bonds is 6. The summed E-state index contributed by atoms with van der Waals surface area (Å²) in [5.41, 5.74) is 2.87. The van der Waals surface area contributed by atoms with Crippen molar-refractivity contribution in [1.29, 1.82) is 0 Å². The van der Waals surface area contributed by atoms with Gasteiger partial charge in [0.1, 0.15) is 11.5 Å². The molecule has 0 unspecified atom stereocenters. The lowest BCUT2D eigenvalue weighted by molar-refractivity contribution is 0.0695. The largest absolute Gasteiger partial charge is 0.497 e. The second-order valence-electron chi connectivity index (χ2n) is 5.84. The molecule has 0 fully saturated rings. The molecule has 3 aromatic carbocycles. The van der Waals surface area contributed by atoms with Crippen LogP contribution in [0.15, 0.2) is 72.8 Å². The fourth-order valence-electron chi connectivity index (χ4n) is 3.17. The van der Waals surface area contributed by atoms with E-state index >= 15 is 0 Å². The lowest BCUT2D eigenvalue weighted by Gasteiger charge is -2.22. The fourth-order valence-corrected chi connectivity index (χ4v) is 3.17. The van der Waals surface area contributed by atoms with Crippen LogP contribution in [0, 0.1) is 0 Å². The van der Waals surface area contributed by atoms with Gasteiger partial charge in [-0.2, -0.15) is 0 Å². The molecule has 0 spiro atoms. The summed E-state index contributed by atoms with van der Waals surface area (Å²) in [6.07, 6.45) is 0. The zero-order valence-corrected chi connectivity index (χ0v) is 14.7. The molecule has 0 saturated carbocycles. The standard InChI is InChI=1S/C22H20O4/c1-25-16-13-11-15(12-14-16)21(19-9-5-6-10-20(19)26-2)17-7-3-4-8-18(17)22(23)24/h3-14,21H,1-2H3,(H,23,24)/t21-/m0/s1. The molecule has 0 aliphatic rings. The summed E-state index contributed by atoms with van der Waals surface area (Å²) in [4.78, 5) is 11.8. The Hall–Kier alpha value is -3.27. The number of carboxylic acids is 1. The second kappa shape index (κ2) is 7.74. The molecular formula is C22H20O4. The average molecular weight is 348 g/mol. The lowest BCUT2D eigenvalue weighted by atomic mass is 9.82. The molecule has 0 saturated heterocycles. The van der Waals surface area contributed by atoms with E-state index in [1.165, 1.54) is 0 Å². The van der Waals surface area contributed by atoms with Gasteiger partial charge in [-0.3, -0.25) is 0 Å². The Bertz CT molecular complexity index is 900. The molecule has 0 aliphatic carbocycles. The summed E-state index contributed by atoms with van der Waals surface area (Å²) in [6.45, 7) is 0. The number of para-hydroxylation sites is 1. The Morgan fingerprint density at radius 2 is 1.42 bits per heavy atom. The van der Waals surface area contributed by atoms with E-state index in [4.69, 9.17) is 9.47 Å². The highest BCUT2D eigenvalue weighted by molar-refractivity contribution is 5.90. The third-order valence-electron chi connectivity index (χ3n) is 4.40. The Balaban J connectivity index is 2.24. The van der Waals surface area contributed by atoms with E-state index in [0.29, 0.717) is 5.75 Å². The smallest absolute Gasteiger partial charge is 0.335 e. The Kier molecular flexibility index (Phi) is 5.23. The van der Waals surface area contributed by atoms with Crippen LogP contribution >= 0.6 is 0 Å². The van der Waals surface area contributed by atoms with Gasteiger partial charge < -0.3 is 14.6 Å². The van der Waals surface area contributed by atoms with Gasteiger partial charge >= 0.3 is 5.97 Å². The van der Waals surface area contributed by atoms with E-state index in [1.54, 1.807) is 26.4 Å². The van der Waals surface area contributed by atoms with Crippen molar-refractivity contribution < 1.29 is 19.4 Å². The van der Waals surface area contributed by atoms with Gasteiger partial charge in [0.25, 0.3) is 0 Å². The highest BCUT2D eigenvalue weighted by Crippen LogP contribution is 2.39. The highest BCUT2D eigenvalue weighted by Gasteiger charge is 2.24. The van der Waals surface area contributed by atoms with E-state index in [0.717, 1.165) is 22.4 Å². The molecule has 0 radical (unpaired) electrons. The third-order valence-corrected chi connectivity index (χ3v) is 4.40. The van der Waals surface area contributed by atoms with Crippen molar-refractivity contribution in [3.63, 3.8) is 0 Å². The number of hydrogen-bond acceptors (Lipinski definition) is 3. The second-order valence-corrected chi connectivity index (χ2v) is 5.84. The van der Waals surface area contributed by atoms with Crippen molar-refractivity contribution in [1.82, 2.24) is 0 Å². The van der Waals surface area contributed by atoms with Crippen LogP contribution in [0.2, 0.25) is 0 Å². The Labute approximate surface area is 152 Å². The van der Waals surface area contributed by atoms with Gasteiger partial charge in [0.15, 0.2) is 0 Å². The maximum atomic E-state index is 11.8. The van der Waals surface area contributed by atoms with E-state index in [-0.39, 0.29) is 11.5 Å². The van der Waals surface area contributed by atoms with Crippen molar-refractivity contribution in [3.8, 4) is 11.5 Å². The summed E-state index contributed by atoms with van der Waals surface area (Å²) in [5, 5.41) is 9.67. The van der Waals surface area contributed by atoms with E-state index in [1.807, 2.05) is 60.7 Å². The summed E-state index contributed by atoms with van der Waals surface area (Å²) >= 11 is 0. The van der Waals surface area contributed by atoms with Gasteiger partial charge in [-0.15, -0.1) is 0 Å². The quantitative estimate of drug-likeness (QED) is 0.662. The summed E-state index contributed by atoms with van der Waals surface area (Å²) in [7, 11) is 3.24. The molecule has 0 amide bonds. The predicted octanol–water partition coefficient (Wildman–Crippen LogP) is 4.58. The predicted molar refractivity (Wildman–Crippen MR) is 100 cm³/mol. The highest BCUT2D eigenvalue weighted by atomic mass is 16.5. The number of methoxy groups -OCH3 is 2. The first-order valence-electron chi connectivity index (χ1n) is 8.24. The number of ether oxygens (including phenoxy) is 2. The first-order valence-corrected chi connectivity index (χ1v) is 8.24. The minimum Gasteiger partial charge on any atom is -0.497 e. The third kappa shape index (κ3) is 3.40. The number of aromatic carboxylic acids is 1. The number of carbonyl (C=O) groups is 1. The van der Waals surface area contributed by atoms with E-state index < -0.39 is 5.97 Å². The van der Waals surface area contributed by atoms with E-state index in [2.05, 4.69) is 0 Å². The molecule has 1 N–H and O–H groups in total. The Morgan fingerprint density at radius 1 is 0.808 bits per heavy atom. The lowest BCUT2D eigenvalue weighted by Crippen LogP contribution is -2.11. The van der Waals surface area contributed by atoms with Crippen LogP contribution in [0.4, 0.5) is 0 Å². The van der Waals surface area contributed by atoms with Gasteiger partial charge in [0.05, 0.1) is 19.8 Å². The maximum Gasteiger partial charge on any atom is 0.335 e. The van der Waals surface area contributed by atoms with Crippen LogP contribution in [-0.2, 0) is 0 Å². The van der Waals surface area contributed by atoms with Crippen LogP contribution in [-0.4, -0.2) is 25.3 Å². The van der Waals surface area contributed by atoms with Gasteiger partial charge in [0.2, 0.25) is 0 Å². The molecule has 4 heteroatoms. The summed E-state index contributed by atoms with van der Waals surface area (Å²) in [5.74, 6) is 0.242. The van der Waals surface area contributed by atoms with Crippen molar-refractivity contribution in [2.75, 3.05) is 14.2 Å². The van der Waals surface area contributed by atoms with Crippen LogP contribution in [0.1, 0.15) is 33.0 Å². The van der Waals surface area contributed by atoms with E-state index in [9.17, 15) is 9.90 Å². The monoisotopic (exact) mass is 348 g/mol. The SMILES string of the molecule is COc1ccc([C@H](c2ccccc2OC)c2ccccc2C(=O)O)cc1. The van der Waals surface area contributed by atoms with Gasteiger partial charge in [0, 0.05) is 11.5 Å². The van der Waals surface area contributed by atoms with Crippen LogP contribution < -0.4 is 9.47 Å². The Morgan fingerprint density at radius 3 is 2.04 bits per heavy atom. The molecular weight excluding hydrogens is 328 g/mol. The molecule has 0 heterocycles. The molecule has 0 aromatic heterocycles. The van der Waals surface area contributed by atoms with Gasteiger partial charge in [-0.1, -0.05) is 48.5 Å². The maximum absolute atomic E-state index is 11.8. The van der Waals surface area contributed by atoms with Crippen molar-refractivity contribution in [2.45, 2.75) is 5.92 Å². The van der Waals surface area contributed by atoms with Gasteiger partial charge in [-0.05, 0) is 35.4 Å². The topological polar surface area (TPSA) is 55.8 Å². The summed E-state index contributed by atoms with van der Waals surface area (Å²) < 4.78 is 10.8. The van der Waals surface area contributed by atoms with Crippen molar-refractivity contribution in [3.05, 3.63) is 95.1 Å².